The van der Waals surface area contributed by atoms with E-state index in [1.54, 1.807) is 6.92 Å². The summed E-state index contributed by atoms with van der Waals surface area (Å²) in [6, 6.07) is 0. The smallest absolute Gasteiger partial charge is 0.185 e. The molecule has 0 bridgehead atoms. The van der Waals surface area contributed by atoms with E-state index in [1.165, 1.54) is 0 Å². The van der Waals surface area contributed by atoms with Gasteiger partial charge in [0.05, 0.1) is 11.8 Å². The third kappa shape index (κ3) is 5.67. The highest BCUT2D eigenvalue weighted by molar-refractivity contribution is 4.99. The van der Waals surface area contributed by atoms with E-state index in [4.69, 9.17) is 4.74 Å². The van der Waals surface area contributed by atoms with Crippen LogP contribution in [0.3, 0.4) is 0 Å². The number of likely N-dealkylation sites (N-methyl/N-ethyl adjacent to an activating group) is 1. The minimum atomic E-state index is -0.549. The molecule has 0 aromatic carbocycles. The zero-order valence-electron chi connectivity index (χ0n) is 10.8. The molecule has 3 nitrogen and oxygen atoms in total. The average Bonchev–Trinajstić information content (AvgIpc) is 2.09. The van der Waals surface area contributed by atoms with Crippen molar-refractivity contribution in [1.82, 2.24) is 4.90 Å². The molecule has 1 radical (unpaired) electrons. The fourth-order valence-electron chi connectivity index (χ4n) is 1.18. The van der Waals surface area contributed by atoms with Crippen LogP contribution in [0, 0.1) is 6.26 Å². The van der Waals surface area contributed by atoms with Gasteiger partial charge in [-0.1, -0.05) is 0 Å². The van der Waals surface area contributed by atoms with Crippen molar-refractivity contribution in [2.45, 2.75) is 53.2 Å². The Hall–Kier alpha value is -0.700. The molecule has 0 aromatic rings. The van der Waals surface area contributed by atoms with Crippen LogP contribution in [0.4, 0.5) is 0 Å². The van der Waals surface area contributed by atoms with Crippen LogP contribution in [0.2, 0.25) is 0 Å². The molecule has 0 aliphatic heterocycles. The Labute approximate surface area is 93.7 Å². The Bertz CT molecular complexity index is 200. The number of rotatable bonds is 5. The maximum Gasteiger partial charge on any atom is 0.185 e. The van der Waals surface area contributed by atoms with Crippen molar-refractivity contribution >= 4 is 0 Å². The Balaban J connectivity index is 4.65. The van der Waals surface area contributed by atoms with Gasteiger partial charge in [0.25, 0.3) is 0 Å². The van der Waals surface area contributed by atoms with Crippen molar-refractivity contribution in [2.24, 2.45) is 0 Å². The molecule has 0 amide bonds. The molecule has 0 aliphatic rings. The predicted octanol–water partition coefficient (Wildman–Crippen LogP) is 2.17. The van der Waals surface area contributed by atoms with Crippen molar-refractivity contribution in [1.29, 1.82) is 0 Å². The second kappa shape index (κ2) is 6.01. The topological polar surface area (TPSA) is 32.7 Å². The van der Waals surface area contributed by atoms with Gasteiger partial charge < -0.3 is 14.7 Å². The summed E-state index contributed by atoms with van der Waals surface area (Å²) in [6.07, 6.45) is 2.30. The van der Waals surface area contributed by atoms with Gasteiger partial charge in [0, 0.05) is 13.1 Å². The summed E-state index contributed by atoms with van der Waals surface area (Å²) < 4.78 is 5.45. The molecule has 1 unspecified atom stereocenters. The fourth-order valence-corrected chi connectivity index (χ4v) is 1.18. The zero-order valence-corrected chi connectivity index (χ0v) is 10.8. The lowest BCUT2D eigenvalue weighted by atomic mass is 10.2. The predicted molar refractivity (Wildman–Crippen MR) is 62.2 cm³/mol. The maximum absolute atomic E-state index is 9.62. The second-order valence-corrected chi connectivity index (χ2v) is 4.55. The number of nitrogens with zero attached hydrogens (tertiary/aromatic N) is 1. The molecule has 15 heavy (non-hydrogen) atoms. The van der Waals surface area contributed by atoms with E-state index < -0.39 is 6.10 Å². The van der Waals surface area contributed by atoms with Gasteiger partial charge in [0.2, 0.25) is 0 Å². The molecule has 0 saturated heterocycles. The standard InChI is InChI=1S/C12H24NO2/c1-7-13(8-2)11(10(3)14)9-15-12(4,5)6/h10,14H,7-8H2,1-6H3. The quantitative estimate of drug-likeness (QED) is 0.712. The van der Waals surface area contributed by atoms with Crippen LogP contribution >= 0.6 is 0 Å². The van der Waals surface area contributed by atoms with Crippen LogP contribution < -0.4 is 0 Å². The fraction of sp³-hybridized carbons (Fsp3) is 0.833. The summed E-state index contributed by atoms with van der Waals surface area (Å²) in [5, 5.41) is 9.62. The monoisotopic (exact) mass is 214 g/mol. The van der Waals surface area contributed by atoms with Gasteiger partial charge in [-0.25, -0.2) is 0 Å². The number of aliphatic hydroxyl groups excluding tert-OH is 1. The molecular weight excluding hydrogens is 190 g/mol. The van der Waals surface area contributed by atoms with Crippen molar-refractivity contribution in [3.63, 3.8) is 0 Å². The van der Waals surface area contributed by atoms with Crippen LogP contribution in [0.1, 0.15) is 41.5 Å². The normalized spacial score (nSPS) is 15.0. The van der Waals surface area contributed by atoms with E-state index in [0.29, 0.717) is 0 Å². The van der Waals surface area contributed by atoms with Gasteiger partial charge in [0.1, 0.15) is 5.60 Å². The minimum Gasteiger partial charge on any atom is -0.482 e. The molecule has 1 N–H and O–H groups in total. The molecule has 3 heteroatoms. The summed E-state index contributed by atoms with van der Waals surface area (Å²) in [7, 11) is 0. The van der Waals surface area contributed by atoms with Gasteiger partial charge in [-0.15, -0.1) is 0 Å². The van der Waals surface area contributed by atoms with Crippen LogP contribution in [0.15, 0.2) is 5.70 Å². The van der Waals surface area contributed by atoms with Gasteiger partial charge in [0.15, 0.2) is 6.26 Å². The maximum atomic E-state index is 9.62. The lowest BCUT2D eigenvalue weighted by Crippen LogP contribution is -2.30. The van der Waals surface area contributed by atoms with E-state index in [2.05, 4.69) is 6.26 Å². The first-order chi connectivity index (χ1) is 6.81. The van der Waals surface area contributed by atoms with Gasteiger partial charge in [-0.05, 0) is 41.5 Å². The molecular formula is C12H24NO2. The van der Waals surface area contributed by atoms with E-state index in [9.17, 15) is 5.11 Å². The highest BCUT2D eigenvalue weighted by Gasteiger charge is 2.16. The summed E-state index contributed by atoms with van der Waals surface area (Å²) in [5.41, 5.74) is 0.447. The first kappa shape index (κ1) is 14.3. The van der Waals surface area contributed by atoms with Crippen molar-refractivity contribution in [3.8, 4) is 0 Å². The summed E-state index contributed by atoms with van der Waals surface area (Å²) in [6.45, 7) is 13.4. The molecule has 0 aromatic heterocycles. The number of aliphatic hydroxyl groups is 1. The highest BCUT2D eigenvalue weighted by Crippen LogP contribution is 2.13. The molecule has 0 heterocycles. The molecule has 0 saturated carbocycles. The Morgan fingerprint density at radius 3 is 2.07 bits per heavy atom. The third-order valence-electron chi connectivity index (χ3n) is 1.96. The molecule has 0 aliphatic carbocycles. The third-order valence-corrected chi connectivity index (χ3v) is 1.96. The van der Waals surface area contributed by atoms with E-state index in [0.717, 1.165) is 18.8 Å². The van der Waals surface area contributed by atoms with Gasteiger partial charge in [-0.2, -0.15) is 0 Å². The number of hydrogen-bond donors (Lipinski definition) is 1. The summed E-state index contributed by atoms with van der Waals surface area (Å²) >= 11 is 0. The first-order valence-electron chi connectivity index (χ1n) is 5.55. The van der Waals surface area contributed by atoms with Gasteiger partial charge in [-0.3, -0.25) is 0 Å². The Kier molecular flexibility index (Phi) is 5.73. The highest BCUT2D eigenvalue weighted by atomic mass is 16.5. The summed E-state index contributed by atoms with van der Waals surface area (Å²) in [5.74, 6) is 0. The minimum absolute atomic E-state index is 0.271. The lowest BCUT2D eigenvalue weighted by molar-refractivity contribution is 0.0489. The van der Waals surface area contributed by atoms with E-state index >= 15 is 0 Å². The van der Waals surface area contributed by atoms with Crippen LogP contribution in [-0.4, -0.2) is 34.8 Å². The SMILES string of the molecule is CCN(CC)C(=[C]OC(C)(C)C)C(C)O. The first-order valence-corrected chi connectivity index (χ1v) is 5.55. The second-order valence-electron chi connectivity index (χ2n) is 4.55. The zero-order chi connectivity index (χ0) is 12.1. The van der Waals surface area contributed by atoms with Crippen LogP contribution in [0.25, 0.3) is 0 Å². The number of ether oxygens (including phenoxy) is 1. The molecule has 89 valence electrons. The van der Waals surface area contributed by atoms with Crippen molar-refractivity contribution < 1.29 is 9.84 Å². The van der Waals surface area contributed by atoms with Crippen LogP contribution in [-0.2, 0) is 4.74 Å². The van der Waals surface area contributed by atoms with Gasteiger partial charge >= 0.3 is 0 Å². The van der Waals surface area contributed by atoms with E-state index in [1.807, 2.05) is 39.5 Å². The van der Waals surface area contributed by atoms with Crippen molar-refractivity contribution in [2.75, 3.05) is 13.1 Å². The lowest BCUT2D eigenvalue weighted by Gasteiger charge is -2.27. The molecule has 0 rings (SSSR count). The molecule has 1 atom stereocenters. The van der Waals surface area contributed by atoms with E-state index in [-0.39, 0.29) is 5.60 Å². The largest absolute Gasteiger partial charge is 0.482 e. The Morgan fingerprint density at radius 2 is 1.80 bits per heavy atom. The van der Waals surface area contributed by atoms with Crippen LogP contribution in [0.5, 0.6) is 0 Å². The number of hydrogen-bond acceptors (Lipinski definition) is 3. The average molecular weight is 214 g/mol. The molecule has 0 spiro atoms. The van der Waals surface area contributed by atoms with Crippen molar-refractivity contribution in [3.05, 3.63) is 12.0 Å². The molecule has 0 fully saturated rings. The summed E-state index contributed by atoms with van der Waals surface area (Å²) in [4.78, 5) is 2.04. The Morgan fingerprint density at radius 1 is 1.33 bits per heavy atom.